The minimum atomic E-state index is -1.77. The van der Waals surface area contributed by atoms with Crippen molar-refractivity contribution in [3.8, 4) is 11.5 Å². The number of rotatable bonds is 7. The van der Waals surface area contributed by atoms with Crippen molar-refractivity contribution in [3.05, 3.63) is 54.1 Å². The summed E-state index contributed by atoms with van der Waals surface area (Å²) in [5.41, 5.74) is 0.343. The van der Waals surface area contributed by atoms with Crippen molar-refractivity contribution >= 4 is 34.9 Å². The summed E-state index contributed by atoms with van der Waals surface area (Å²) in [5, 5.41) is 2.37. The van der Waals surface area contributed by atoms with E-state index in [2.05, 4.69) is 5.32 Å². The number of ketones is 3. The van der Waals surface area contributed by atoms with Gasteiger partial charge in [0.1, 0.15) is 11.5 Å². The smallest absolute Gasteiger partial charge is 0.329 e. The van der Waals surface area contributed by atoms with Crippen molar-refractivity contribution in [3.63, 3.8) is 0 Å². The Morgan fingerprint density at radius 1 is 1.03 bits per heavy atom. The third kappa shape index (κ3) is 4.21. The highest BCUT2D eigenvalue weighted by atomic mass is 16.5. The van der Waals surface area contributed by atoms with E-state index in [1.54, 1.807) is 37.3 Å². The highest BCUT2D eigenvalue weighted by Crippen LogP contribution is 2.29. The summed E-state index contributed by atoms with van der Waals surface area (Å²) in [4.78, 5) is 61.3. The quantitative estimate of drug-likeness (QED) is 0.330. The zero-order valence-corrected chi connectivity index (χ0v) is 15.5. The molecule has 1 N–H and O–H groups in total. The van der Waals surface area contributed by atoms with Crippen LogP contribution in [0.4, 0.5) is 5.69 Å². The Hall–Kier alpha value is -3.81. The van der Waals surface area contributed by atoms with Crippen LogP contribution in [0.2, 0.25) is 0 Å². The second-order valence-electron chi connectivity index (χ2n) is 6.16. The van der Waals surface area contributed by atoms with Gasteiger partial charge in [0, 0.05) is 0 Å². The molecule has 0 spiro atoms. The van der Waals surface area contributed by atoms with Gasteiger partial charge in [0.15, 0.2) is 17.5 Å². The van der Waals surface area contributed by atoms with Crippen molar-refractivity contribution in [1.82, 2.24) is 0 Å². The van der Waals surface area contributed by atoms with E-state index in [1.807, 2.05) is 0 Å². The number of carbonyl (C=O) groups is 5. The van der Waals surface area contributed by atoms with Crippen LogP contribution >= 0.6 is 0 Å². The molecular weight excluding hydrogens is 378 g/mol. The molecule has 1 atom stereocenters. The molecule has 0 saturated carbocycles. The summed E-state index contributed by atoms with van der Waals surface area (Å²) in [5.74, 6) is -6.29. The van der Waals surface area contributed by atoms with E-state index < -0.39 is 41.6 Å². The third-order valence-corrected chi connectivity index (χ3v) is 4.21. The summed E-state index contributed by atoms with van der Waals surface area (Å²) in [6, 6.07) is 12.5. The van der Waals surface area contributed by atoms with Crippen LogP contribution in [0, 0.1) is 5.92 Å². The SMILES string of the molecule is CCOc1ccccc1NC(=O)C(=O)CC(=O)C1C(=O)Oc2ccccc2C1=O. The number of hydrogen-bond acceptors (Lipinski definition) is 7. The predicted molar refractivity (Wildman–Crippen MR) is 101 cm³/mol. The summed E-state index contributed by atoms with van der Waals surface area (Å²) in [6.07, 6.45) is -0.906. The first-order chi connectivity index (χ1) is 13.9. The fraction of sp³-hybridized carbons (Fsp3) is 0.190. The average Bonchev–Trinajstić information content (AvgIpc) is 2.69. The Morgan fingerprint density at radius 2 is 1.72 bits per heavy atom. The number of Topliss-reactive ketones (excluding diaryl/α,β-unsaturated/α-hetero) is 3. The number of benzene rings is 2. The highest BCUT2D eigenvalue weighted by Gasteiger charge is 2.42. The minimum Gasteiger partial charge on any atom is -0.492 e. The van der Waals surface area contributed by atoms with Gasteiger partial charge in [-0.2, -0.15) is 0 Å². The molecule has 3 rings (SSSR count). The molecular formula is C21H17NO7. The number of fused-ring (bicyclic) bond motifs is 1. The zero-order valence-electron chi connectivity index (χ0n) is 15.5. The third-order valence-electron chi connectivity index (χ3n) is 4.21. The maximum atomic E-state index is 12.5. The number of hydrogen-bond donors (Lipinski definition) is 1. The Kier molecular flexibility index (Phi) is 5.82. The largest absolute Gasteiger partial charge is 0.492 e. The predicted octanol–water partition coefficient (Wildman–Crippen LogP) is 1.97. The lowest BCUT2D eigenvalue weighted by atomic mass is 9.89. The molecule has 1 aliphatic heterocycles. The van der Waals surface area contributed by atoms with Crippen LogP contribution in [0.3, 0.4) is 0 Å². The Morgan fingerprint density at radius 3 is 2.48 bits per heavy atom. The van der Waals surface area contributed by atoms with Gasteiger partial charge in [0.05, 0.1) is 24.3 Å². The molecule has 1 unspecified atom stereocenters. The standard InChI is InChI=1S/C21H17NO7/c1-2-28-17-10-6-4-8-13(17)22-20(26)15(24)11-14(23)18-19(25)12-7-3-5-9-16(12)29-21(18)27/h3-10,18H,2,11H2,1H3,(H,22,26). The maximum Gasteiger partial charge on any atom is 0.329 e. The topological polar surface area (TPSA) is 116 Å². The fourth-order valence-corrected chi connectivity index (χ4v) is 2.85. The van der Waals surface area contributed by atoms with E-state index >= 15 is 0 Å². The number of para-hydroxylation sites is 3. The Labute approximate surface area is 165 Å². The molecule has 29 heavy (non-hydrogen) atoms. The van der Waals surface area contributed by atoms with E-state index in [-0.39, 0.29) is 17.0 Å². The maximum absolute atomic E-state index is 12.5. The lowest BCUT2D eigenvalue weighted by Crippen LogP contribution is -2.40. The first-order valence-electron chi connectivity index (χ1n) is 8.86. The fourth-order valence-electron chi connectivity index (χ4n) is 2.85. The van der Waals surface area contributed by atoms with Crippen LogP contribution in [-0.2, 0) is 19.2 Å². The second-order valence-corrected chi connectivity index (χ2v) is 6.16. The number of ether oxygens (including phenoxy) is 2. The van der Waals surface area contributed by atoms with Crippen molar-refractivity contribution < 1.29 is 33.4 Å². The molecule has 0 aliphatic carbocycles. The molecule has 1 aliphatic rings. The van der Waals surface area contributed by atoms with Crippen LogP contribution in [-0.4, -0.2) is 35.8 Å². The number of esters is 1. The number of carbonyl (C=O) groups excluding carboxylic acids is 5. The summed E-state index contributed by atoms with van der Waals surface area (Å²) in [6.45, 7) is 2.12. The van der Waals surface area contributed by atoms with Crippen molar-refractivity contribution in [1.29, 1.82) is 0 Å². The van der Waals surface area contributed by atoms with Crippen LogP contribution in [0.5, 0.6) is 11.5 Å². The van der Waals surface area contributed by atoms with Crippen molar-refractivity contribution in [2.45, 2.75) is 13.3 Å². The Balaban J connectivity index is 1.69. The molecule has 0 bridgehead atoms. The molecule has 148 valence electrons. The van der Waals surface area contributed by atoms with Crippen LogP contribution in [0.25, 0.3) is 0 Å². The number of nitrogens with one attached hydrogen (secondary N) is 1. The van der Waals surface area contributed by atoms with Gasteiger partial charge in [-0.3, -0.25) is 24.0 Å². The summed E-state index contributed by atoms with van der Waals surface area (Å²) < 4.78 is 10.4. The van der Waals surface area contributed by atoms with Crippen LogP contribution < -0.4 is 14.8 Å². The van der Waals surface area contributed by atoms with E-state index in [0.29, 0.717) is 12.4 Å². The van der Waals surface area contributed by atoms with Crippen molar-refractivity contribution in [2.75, 3.05) is 11.9 Å². The molecule has 1 heterocycles. The van der Waals surface area contributed by atoms with Gasteiger partial charge in [0.2, 0.25) is 5.78 Å². The highest BCUT2D eigenvalue weighted by molar-refractivity contribution is 6.44. The van der Waals surface area contributed by atoms with E-state index in [1.165, 1.54) is 18.2 Å². The van der Waals surface area contributed by atoms with Crippen LogP contribution in [0.15, 0.2) is 48.5 Å². The molecule has 2 aromatic carbocycles. The average molecular weight is 395 g/mol. The van der Waals surface area contributed by atoms with E-state index in [4.69, 9.17) is 9.47 Å². The van der Waals surface area contributed by atoms with Gasteiger partial charge in [-0.05, 0) is 31.2 Å². The first-order valence-corrected chi connectivity index (χ1v) is 8.86. The molecule has 0 fully saturated rings. The monoisotopic (exact) mass is 395 g/mol. The zero-order chi connectivity index (χ0) is 21.0. The van der Waals surface area contributed by atoms with Crippen molar-refractivity contribution in [2.24, 2.45) is 5.92 Å². The minimum absolute atomic E-state index is 0.0585. The van der Waals surface area contributed by atoms with Gasteiger partial charge in [-0.15, -0.1) is 0 Å². The van der Waals surface area contributed by atoms with Gasteiger partial charge >= 0.3 is 5.97 Å². The molecule has 0 saturated heterocycles. The van der Waals surface area contributed by atoms with Gasteiger partial charge < -0.3 is 14.8 Å². The van der Waals surface area contributed by atoms with Gasteiger partial charge in [-0.25, -0.2) is 0 Å². The number of anilines is 1. The van der Waals surface area contributed by atoms with E-state index in [9.17, 15) is 24.0 Å². The molecule has 8 nitrogen and oxygen atoms in total. The molecule has 1 amide bonds. The normalized spacial score (nSPS) is 15.1. The van der Waals surface area contributed by atoms with Gasteiger partial charge in [0.25, 0.3) is 5.91 Å². The lowest BCUT2D eigenvalue weighted by Gasteiger charge is -2.20. The summed E-state index contributed by atoms with van der Waals surface area (Å²) in [7, 11) is 0. The first kappa shape index (κ1) is 19.9. The van der Waals surface area contributed by atoms with Crippen LogP contribution in [0.1, 0.15) is 23.7 Å². The Bertz CT molecular complexity index is 1010. The molecule has 0 radical (unpaired) electrons. The van der Waals surface area contributed by atoms with Gasteiger partial charge in [-0.1, -0.05) is 24.3 Å². The molecule has 8 heteroatoms. The number of amides is 1. The summed E-state index contributed by atoms with van der Waals surface area (Å²) >= 11 is 0. The van der Waals surface area contributed by atoms with E-state index in [0.717, 1.165) is 0 Å². The lowest BCUT2D eigenvalue weighted by molar-refractivity contribution is -0.144. The second kappa shape index (κ2) is 8.47. The molecule has 0 aromatic heterocycles. The molecule has 2 aromatic rings.